The Kier molecular flexibility index (Phi) is 3.82. The van der Waals surface area contributed by atoms with E-state index in [2.05, 4.69) is 0 Å². The summed E-state index contributed by atoms with van der Waals surface area (Å²) in [5.41, 5.74) is 1.58. The molecule has 2 unspecified atom stereocenters. The van der Waals surface area contributed by atoms with Gasteiger partial charge in [-0.1, -0.05) is 37.6 Å². The highest BCUT2D eigenvalue weighted by Crippen LogP contribution is 2.18. The number of carboxylic acid groups (broad SMARTS) is 1. The second-order valence-corrected chi connectivity index (χ2v) is 4.15. The third-order valence-electron chi connectivity index (χ3n) is 2.86. The van der Waals surface area contributed by atoms with Crippen LogP contribution in [0.3, 0.4) is 0 Å². The number of hydrogen-bond donors (Lipinski definition) is 1. The molecule has 1 rings (SSSR count). The maximum atomic E-state index is 12.0. The van der Waals surface area contributed by atoms with Gasteiger partial charge < -0.3 is 5.11 Å². The number of rotatable bonds is 4. The van der Waals surface area contributed by atoms with E-state index in [4.69, 9.17) is 5.11 Å². The van der Waals surface area contributed by atoms with Crippen LogP contribution in [0.1, 0.15) is 29.8 Å². The van der Waals surface area contributed by atoms with E-state index in [1.165, 1.54) is 0 Å². The summed E-state index contributed by atoms with van der Waals surface area (Å²) in [5.74, 6) is -2.21. The molecule has 0 bridgehead atoms. The van der Waals surface area contributed by atoms with Crippen LogP contribution in [0.2, 0.25) is 0 Å². The minimum atomic E-state index is -0.937. The van der Waals surface area contributed by atoms with E-state index >= 15 is 0 Å². The van der Waals surface area contributed by atoms with Crippen LogP contribution >= 0.6 is 0 Å². The summed E-state index contributed by atoms with van der Waals surface area (Å²) in [6.45, 7) is 5.12. The Hall–Kier alpha value is -1.64. The highest BCUT2D eigenvalue weighted by Gasteiger charge is 2.26. The number of benzene rings is 1. The number of Topliss-reactive ketones (excluding diaryl/α,β-unsaturated/α-hetero) is 1. The van der Waals surface area contributed by atoms with Crippen molar-refractivity contribution in [1.82, 2.24) is 0 Å². The molecule has 0 heterocycles. The lowest BCUT2D eigenvalue weighted by Gasteiger charge is -2.14. The van der Waals surface area contributed by atoms with Crippen LogP contribution in [0.4, 0.5) is 0 Å². The standard InChI is InChI=1S/C13H16O3/c1-8-5-4-6-11(7-8)12(14)9(2)10(3)13(15)16/h4-7,9-10H,1-3H3,(H,15,16). The summed E-state index contributed by atoms with van der Waals surface area (Å²) in [7, 11) is 0. The predicted octanol–water partition coefficient (Wildman–Crippen LogP) is 2.53. The molecule has 1 N–H and O–H groups in total. The SMILES string of the molecule is Cc1cccc(C(=O)C(C)C(C)C(=O)O)c1. The summed E-state index contributed by atoms with van der Waals surface area (Å²) < 4.78 is 0. The molecular weight excluding hydrogens is 204 g/mol. The van der Waals surface area contributed by atoms with E-state index in [9.17, 15) is 9.59 Å². The van der Waals surface area contributed by atoms with Crippen LogP contribution in [-0.2, 0) is 4.79 Å². The second kappa shape index (κ2) is 4.92. The van der Waals surface area contributed by atoms with Crippen molar-refractivity contribution in [2.24, 2.45) is 11.8 Å². The highest BCUT2D eigenvalue weighted by molar-refractivity contribution is 5.99. The molecule has 0 aromatic heterocycles. The molecule has 0 aliphatic heterocycles. The first-order valence-corrected chi connectivity index (χ1v) is 5.27. The number of hydrogen-bond acceptors (Lipinski definition) is 2. The molecule has 0 amide bonds. The van der Waals surface area contributed by atoms with Gasteiger partial charge in [-0.15, -0.1) is 0 Å². The van der Waals surface area contributed by atoms with Gasteiger partial charge in [0.15, 0.2) is 5.78 Å². The molecule has 1 aromatic rings. The van der Waals surface area contributed by atoms with Crippen molar-refractivity contribution >= 4 is 11.8 Å². The topological polar surface area (TPSA) is 54.4 Å². The molecule has 0 aliphatic rings. The van der Waals surface area contributed by atoms with Crippen LogP contribution < -0.4 is 0 Å². The van der Waals surface area contributed by atoms with Gasteiger partial charge in [-0.05, 0) is 13.0 Å². The van der Waals surface area contributed by atoms with Gasteiger partial charge in [-0.2, -0.15) is 0 Å². The van der Waals surface area contributed by atoms with Gasteiger partial charge in [0.05, 0.1) is 5.92 Å². The summed E-state index contributed by atoms with van der Waals surface area (Å²) in [6, 6.07) is 7.22. The van der Waals surface area contributed by atoms with Gasteiger partial charge in [-0.25, -0.2) is 0 Å². The molecule has 86 valence electrons. The monoisotopic (exact) mass is 220 g/mol. The van der Waals surface area contributed by atoms with Gasteiger partial charge in [0.1, 0.15) is 0 Å². The average Bonchev–Trinajstić information content (AvgIpc) is 2.26. The minimum Gasteiger partial charge on any atom is -0.481 e. The first-order chi connectivity index (χ1) is 7.43. The normalized spacial score (nSPS) is 14.2. The quantitative estimate of drug-likeness (QED) is 0.793. The number of aryl methyl sites for hydroxylation is 1. The maximum Gasteiger partial charge on any atom is 0.306 e. The molecule has 2 atom stereocenters. The van der Waals surface area contributed by atoms with Gasteiger partial charge in [-0.3, -0.25) is 9.59 Å². The molecule has 3 heteroatoms. The van der Waals surface area contributed by atoms with Crippen molar-refractivity contribution < 1.29 is 14.7 Å². The fraction of sp³-hybridized carbons (Fsp3) is 0.385. The van der Waals surface area contributed by atoms with Crippen LogP contribution in [0.25, 0.3) is 0 Å². The Labute approximate surface area is 95.1 Å². The molecule has 0 radical (unpaired) electrons. The molecule has 0 saturated carbocycles. The third-order valence-corrected chi connectivity index (χ3v) is 2.86. The first-order valence-electron chi connectivity index (χ1n) is 5.27. The maximum absolute atomic E-state index is 12.0. The molecule has 0 saturated heterocycles. The lowest BCUT2D eigenvalue weighted by molar-refractivity contribution is -0.142. The van der Waals surface area contributed by atoms with E-state index in [0.717, 1.165) is 5.56 Å². The number of carbonyl (C=O) groups is 2. The predicted molar refractivity (Wildman–Crippen MR) is 61.5 cm³/mol. The second-order valence-electron chi connectivity index (χ2n) is 4.15. The lowest BCUT2D eigenvalue weighted by atomic mass is 9.88. The van der Waals surface area contributed by atoms with E-state index in [0.29, 0.717) is 5.56 Å². The Morgan fingerprint density at radius 3 is 2.31 bits per heavy atom. The Bertz CT molecular complexity index is 409. The van der Waals surface area contributed by atoms with Crippen LogP contribution in [-0.4, -0.2) is 16.9 Å². The molecular formula is C13H16O3. The van der Waals surface area contributed by atoms with E-state index in [1.54, 1.807) is 32.0 Å². The van der Waals surface area contributed by atoms with Gasteiger partial charge in [0.25, 0.3) is 0 Å². The number of carbonyl (C=O) groups excluding carboxylic acids is 1. The van der Waals surface area contributed by atoms with Crippen molar-refractivity contribution in [3.8, 4) is 0 Å². The fourth-order valence-corrected chi connectivity index (χ4v) is 1.50. The zero-order valence-corrected chi connectivity index (χ0v) is 9.73. The number of carboxylic acids is 1. The number of ketones is 1. The Morgan fingerprint density at radius 1 is 1.19 bits per heavy atom. The largest absolute Gasteiger partial charge is 0.481 e. The molecule has 0 aliphatic carbocycles. The van der Waals surface area contributed by atoms with E-state index < -0.39 is 17.8 Å². The molecule has 16 heavy (non-hydrogen) atoms. The molecule has 0 spiro atoms. The van der Waals surface area contributed by atoms with Crippen molar-refractivity contribution in [3.63, 3.8) is 0 Å². The molecule has 0 fully saturated rings. The van der Waals surface area contributed by atoms with E-state index in [-0.39, 0.29) is 5.78 Å². The molecule has 3 nitrogen and oxygen atoms in total. The van der Waals surface area contributed by atoms with Crippen LogP contribution in [0.15, 0.2) is 24.3 Å². The summed E-state index contributed by atoms with van der Waals surface area (Å²) in [4.78, 5) is 22.8. The highest BCUT2D eigenvalue weighted by atomic mass is 16.4. The Balaban J connectivity index is 2.90. The van der Waals surface area contributed by atoms with Gasteiger partial charge in [0, 0.05) is 11.5 Å². The number of aliphatic carboxylic acids is 1. The lowest BCUT2D eigenvalue weighted by Crippen LogP contribution is -2.25. The summed E-state index contributed by atoms with van der Waals surface area (Å²) >= 11 is 0. The summed E-state index contributed by atoms with van der Waals surface area (Å²) in [6.07, 6.45) is 0. The van der Waals surface area contributed by atoms with Crippen molar-refractivity contribution in [2.45, 2.75) is 20.8 Å². The van der Waals surface area contributed by atoms with Gasteiger partial charge >= 0.3 is 5.97 Å². The van der Waals surface area contributed by atoms with Crippen molar-refractivity contribution in [1.29, 1.82) is 0 Å². The zero-order chi connectivity index (χ0) is 12.3. The average molecular weight is 220 g/mol. The van der Waals surface area contributed by atoms with Crippen LogP contribution in [0.5, 0.6) is 0 Å². The van der Waals surface area contributed by atoms with Gasteiger partial charge in [0.2, 0.25) is 0 Å². The summed E-state index contributed by atoms with van der Waals surface area (Å²) in [5, 5.41) is 8.85. The van der Waals surface area contributed by atoms with Crippen molar-refractivity contribution in [3.05, 3.63) is 35.4 Å². The van der Waals surface area contributed by atoms with Crippen LogP contribution in [0, 0.1) is 18.8 Å². The Morgan fingerprint density at radius 2 is 1.81 bits per heavy atom. The zero-order valence-electron chi connectivity index (χ0n) is 9.73. The fourth-order valence-electron chi connectivity index (χ4n) is 1.50. The third kappa shape index (κ3) is 2.69. The van der Waals surface area contributed by atoms with Crippen molar-refractivity contribution in [2.75, 3.05) is 0 Å². The molecule has 1 aromatic carbocycles. The minimum absolute atomic E-state index is 0.112. The smallest absolute Gasteiger partial charge is 0.306 e. The first kappa shape index (κ1) is 12.4. The van der Waals surface area contributed by atoms with E-state index in [1.807, 2.05) is 13.0 Å².